The maximum atomic E-state index is 11.6. The molecule has 2 rings (SSSR count). The summed E-state index contributed by atoms with van der Waals surface area (Å²) in [5.74, 6) is 0.0167. The fourth-order valence-electron chi connectivity index (χ4n) is 2.88. The number of imidazole rings is 1. The van der Waals surface area contributed by atoms with Gasteiger partial charge in [0, 0.05) is 25.5 Å². The molecule has 1 N–H and O–H groups in total. The third kappa shape index (κ3) is 2.09. The van der Waals surface area contributed by atoms with Crippen molar-refractivity contribution in [1.29, 1.82) is 0 Å². The van der Waals surface area contributed by atoms with Crippen LogP contribution in [0.5, 0.6) is 0 Å². The SMILES string of the molecule is CCn1ccnc1N1CCCC(C)(C)C1C(=O)O. The van der Waals surface area contributed by atoms with E-state index in [1.807, 2.05) is 36.4 Å². The minimum Gasteiger partial charge on any atom is -0.480 e. The summed E-state index contributed by atoms with van der Waals surface area (Å²) in [5.41, 5.74) is -0.228. The highest BCUT2D eigenvalue weighted by Gasteiger charge is 2.43. The molecule has 1 saturated heterocycles. The van der Waals surface area contributed by atoms with E-state index in [0.717, 1.165) is 31.9 Å². The molecule has 100 valence electrons. The van der Waals surface area contributed by atoms with Crippen molar-refractivity contribution in [2.24, 2.45) is 5.41 Å². The topological polar surface area (TPSA) is 58.4 Å². The molecule has 1 fully saturated rings. The number of rotatable bonds is 3. The van der Waals surface area contributed by atoms with Crippen LogP contribution in [0.3, 0.4) is 0 Å². The number of aliphatic carboxylic acids is 1. The first-order valence-corrected chi connectivity index (χ1v) is 6.48. The number of aryl methyl sites for hydroxylation is 1. The standard InChI is InChI=1S/C13H21N3O2/c1-4-15-9-7-14-12(15)16-8-5-6-13(2,3)10(16)11(17)18/h7,9-10H,4-6,8H2,1-3H3,(H,17,18). The number of anilines is 1. The Bertz CT molecular complexity index is 439. The van der Waals surface area contributed by atoms with Gasteiger partial charge in [0.2, 0.25) is 5.95 Å². The Kier molecular flexibility index (Phi) is 3.32. The maximum Gasteiger partial charge on any atom is 0.326 e. The smallest absolute Gasteiger partial charge is 0.326 e. The quantitative estimate of drug-likeness (QED) is 0.892. The largest absolute Gasteiger partial charge is 0.480 e. The van der Waals surface area contributed by atoms with Gasteiger partial charge in [0.15, 0.2) is 0 Å². The molecule has 1 unspecified atom stereocenters. The molecule has 0 spiro atoms. The molecule has 0 aromatic carbocycles. The summed E-state index contributed by atoms with van der Waals surface area (Å²) in [7, 11) is 0. The lowest BCUT2D eigenvalue weighted by atomic mass is 9.76. The van der Waals surface area contributed by atoms with E-state index < -0.39 is 12.0 Å². The van der Waals surface area contributed by atoms with Crippen LogP contribution in [-0.2, 0) is 11.3 Å². The van der Waals surface area contributed by atoms with Crippen molar-refractivity contribution in [3.05, 3.63) is 12.4 Å². The molecule has 0 amide bonds. The summed E-state index contributed by atoms with van der Waals surface area (Å²) in [6, 6.07) is -0.501. The van der Waals surface area contributed by atoms with Crippen LogP contribution in [0.15, 0.2) is 12.4 Å². The van der Waals surface area contributed by atoms with Crippen LogP contribution in [0.25, 0.3) is 0 Å². The van der Waals surface area contributed by atoms with Crippen LogP contribution in [0.2, 0.25) is 0 Å². The molecule has 5 heteroatoms. The van der Waals surface area contributed by atoms with Crippen molar-refractivity contribution in [1.82, 2.24) is 9.55 Å². The van der Waals surface area contributed by atoms with Crippen LogP contribution in [0.1, 0.15) is 33.6 Å². The van der Waals surface area contributed by atoms with Gasteiger partial charge in [-0.25, -0.2) is 9.78 Å². The second kappa shape index (κ2) is 4.63. The predicted molar refractivity (Wildman–Crippen MR) is 69.7 cm³/mol. The Morgan fingerprint density at radius 1 is 1.61 bits per heavy atom. The van der Waals surface area contributed by atoms with Crippen molar-refractivity contribution in [3.63, 3.8) is 0 Å². The zero-order chi connectivity index (χ0) is 13.3. The van der Waals surface area contributed by atoms with Crippen LogP contribution < -0.4 is 4.90 Å². The van der Waals surface area contributed by atoms with Crippen molar-refractivity contribution >= 4 is 11.9 Å². The van der Waals surface area contributed by atoms with Gasteiger partial charge < -0.3 is 14.6 Å². The highest BCUT2D eigenvalue weighted by Crippen LogP contribution is 2.37. The van der Waals surface area contributed by atoms with Gasteiger partial charge in [0.05, 0.1) is 0 Å². The summed E-state index contributed by atoms with van der Waals surface area (Å²) in [4.78, 5) is 17.9. The van der Waals surface area contributed by atoms with Crippen LogP contribution in [0, 0.1) is 5.41 Å². The monoisotopic (exact) mass is 251 g/mol. The van der Waals surface area contributed by atoms with E-state index in [0.29, 0.717) is 0 Å². The van der Waals surface area contributed by atoms with Gasteiger partial charge in [-0.1, -0.05) is 13.8 Å². The molecule has 0 radical (unpaired) electrons. The number of carbonyl (C=O) groups is 1. The van der Waals surface area contributed by atoms with E-state index in [-0.39, 0.29) is 5.41 Å². The number of carboxylic acids is 1. The van der Waals surface area contributed by atoms with E-state index in [1.54, 1.807) is 6.20 Å². The molecule has 1 aromatic heterocycles. The number of piperidine rings is 1. The lowest BCUT2D eigenvalue weighted by molar-refractivity contribution is -0.142. The van der Waals surface area contributed by atoms with Gasteiger partial charge in [0.25, 0.3) is 0 Å². The molecule has 0 saturated carbocycles. The first-order valence-electron chi connectivity index (χ1n) is 6.48. The average Bonchev–Trinajstić information content (AvgIpc) is 2.74. The van der Waals surface area contributed by atoms with Gasteiger partial charge in [-0.2, -0.15) is 0 Å². The molecule has 1 aliphatic rings. The van der Waals surface area contributed by atoms with E-state index in [2.05, 4.69) is 4.98 Å². The number of hydrogen-bond donors (Lipinski definition) is 1. The van der Waals surface area contributed by atoms with Crippen LogP contribution in [0.4, 0.5) is 5.95 Å². The normalized spacial score (nSPS) is 23.1. The van der Waals surface area contributed by atoms with Gasteiger partial charge in [-0.3, -0.25) is 0 Å². The zero-order valence-electron chi connectivity index (χ0n) is 11.3. The lowest BCUT2D eigenvalue weighted by Gasteiger charge is -2.44. The second-order valence-electron chi connectivity index (χ2n) is 5.54. The van der Waals surface area contributed by atoms with Crippen molar-refractivity contribution in [2.75, 3.05) is 11.4 Å². The van der Waals surface area contributed by atoms with Gasteiger partial charge in [-0.15, -0.1) is 0 Å². The molecule has 2 heterocycles. The van der Waals surface area contributed by atoms with Crippen LogP contribution >= 0.6 is 0 Å². The Hall–Kier alpha value is -1.52. The van der Waals surface area contributed by atoms with E-state index in [1.165, 1.54) is 0 Å². The second-order valence-corrected chi connectivity index (χ2v) is 5.54. The highest BCUT2D eigenvalue weighted by atomic mass is 16.4. The Morgan fingerprint density at radius 2 is 2.33 bits per heavy atom. The minimum atomic E-state index is -0.759. The third-order valence-corrected chi connectivity index (χ3v) is 3.80. The molecule has 0 bridgehead atoms. The summed E-state index contributed by atoms with van der Waals surface area (Å²) in [6.07, 6.45) is 5.58. The Balaban J connectivity index is 2.38. The van der Waals surface area contributed by atoms with E-state index in [9.17, 15) is 9.90 Å². The Labute approximate surface area is 107 Å². The first-order chi connectivity index (χ1) is 8.47. The minimum absolute atomic E-state index is 0.228. The maximum absolute atomic E-state index is 11.6. The molecule has 1 atom stereocenters. The first kappa shape index (κ1) is 12.9. The molecule has 1 aliphatic heterocycles. The number of nitrogens with zero attached hydrogens (tertiary/aromatic N) is 3. The van der Waals surface area contributed by atoms with E-state index >= 15 is 0 Å². The summed E-state index contributed by atoms with van der Waals surface area (Å²) in [5, 5.41) is 9.53. The lowest BCUT2D eigenvalue weighted by Crippen LogP contribution is -2.55. The van der Waals surface area contributed by atoms with Crippen LogP contribution in [-0.4, -0.2) is 33.2 Å². The molecule has 1 aromatic rings. The number of carboxylic acid groups (broad SMARTS) is 1. The van der Waals surface area contributed by atoms with Crippen molar-refractivity contribution in [2.45, 2.75) is 46.2 Å². The fraction of sp³-hybridized carbons (Fsp3) is 0.692. The fourth-order valence-corrected chi connectivity index (χ4v) is 2.88. The molecular formula is C13H21N3O2. The molecular weight excluding hydrogens is 230 g/mol. The van der Waals surface area contributed by atoms with Crippen molar-refractivity contribution in [3.8, 4) is 0 Å². The van der Waals surface area contributed by atoms with E-state index in [4.69, 9.17) is 0 Å². The molecule has 5 nitrogen and oxygen atoms in total. The predicted octanol–water partition coefficient (Wildman–Crippen LogP) is 1.98. The van der Waals surface area contributed by atoms with Crippen molar-refractivity contribution < 1.29 is 9.90 Å². The highest BCUT2D eigenvalue weighted by molar-refractivity contribution is 5.78. The van der Waals surface area contributed by atoms with Gasteiger partial charge in [0.1, 0.15) is 6.04 Å². The zero-order valence-corrected chi connectivity index (χ0v) is 11.3. The number of hydrogen-bond acceptors (Lipinski definition) is 3. The molecule has 0 aliphatic carbocycles. The summed E-state index contributed by atoms with van der Waals surface area (Å²) in [6.45, 7) is 7.65. The van der Waals surface area contributed by atoms with Gasteiger partial charge in [-0.05, 0) is 25.2 Å². The average molecular weight is 251 g/mol. The summed E-state index contributed by atoms with van der Waals surface area (Å²) >= 11 is 0. The third-order valence-electron chi connectivity index (χ3n) is 3.80. The van der Waals surface area contributed by atoms with Gasteiger partial charge >= 0.3 is 5.97 Å². The molecule has 18 heavy (non-hydrogen) atoms. The number of aromatic nitrogens is 2. The summed E-state index contributed by atoms with van der Waals surface area (Å²) < 4.78 is 2.00. The Morgan fingerprint density at radius 3 is 2.94 bits per heavy atom.